The van der Waals surface area contributed by atoms with Crippen LogP contribution in [0.3, 0.4) is 0 Å². The number of hydrogen-bond donors (Lipinski definition) is 1. The third-order valence-corrected chi connectivity index (χ3v) is 2.19. The molecule has 0 aliphatic rings. The number of nitrogens with two attached hydrogens (primary N) is 1. The highest BCUT2D eigenvalue weighted by Gasteiger charge is 2.08. The van der Waals surface area contributed by atoms with Gasteiger partial charge in [-0.05, 0) is 18.6 Å². The second-order valence-corrected chi connectivity index (χ2v) is 3.43. The molecule has 0 bridgehead atoms. The molecule has 2 rings (SSSR count). The molecule has 0 saturated heterocycles. The molecule has 3 nitrogen and oxygen atoms in total. The lowest BCUT2D eigenvalue weighted by molar-refractivity contribution is 0.0974. The van der Waals surface area contributed by atoms with Crippen LogP contribution in [0.15, 0.2) is 41.0 Å². The molecule has 0 aliphatic heterocycles. The van der Waals surface area contributed by atoms with Crippen molar-refractivity contribution in [1.82, 2.24) is 0 Å². The van der Waals surface area contributed by atoms with Crippen molar-refractivity contribution in [1.29, 1.82) is 0 Å². The second-order valence-electron chi connectivity index (χ2n) is 3.43. The summed E-state index contributed by atoms with van der Waals surface area (Å²) < 4.78 is 5.05. The average Bonchev–Trinajstić information content (AvgIpc) is 2.66. The van der Waals surface area contributed by atoms with Crippen LogP contribution in [-0.2, 0) is 0 Å². The number of aryl methyl sites for hydroxylation is 1. The fourth-order valence-electron chi connectivity index (χ4n) is 1.44. The van der Waals surface area contributed by atoms with Gasteiger partial charge in [0.15, 0.2) is 5.76 Å². The van der Waals surface area contributed by atoms with E-state index >= 15 is 0 Å². The standard InChI is InChI=1S/C12H11NO2/c1-8-3-2-4-9(5-8)10-6-11(12(13)14)15-7-10/h2-7H,1H3,(H2,13,14). The number of rotatable bonds is 2. The predicted molar refractivity (Wildman–Crippen MR) is 57.4 cm³/mol. The molecule has 1 amide bonds. The lowest BCUT2D eigenvalue weighted by Gasteiger charge is -1.97. The van der Waals surface area contributed by atoms with Crippen molar-refractivity contribution >= 4 is 5.91 Å². The molecule has 0 atom stereocenters. The van der Waals surface area contributed by atoms with Crippen LogP contribution >= 0.6 is 0 Å². The summed E-state index contributed by atoms with van der Waals surface area (Å²) in [6.45, 7) is 2.01. The fourth-order valence-corrected chi connectivity index (χ4v) is 1.44. The smallest absolute Gasteiger partial charge is 0.284 e. The SMILES string of the molecule is Cc1cccc(-c2coc(C(N)=O)c2)c1. The van der Waals surface area contributed by atoms with E-state index in [2.05, 4.69) is 0 Å². The molecule has 0 spiro atoms. The minimum absolute atomic E-state index is 0.187. The first-order chi connectivity index (χ1) is 7.16. The normalized spacial score (nSPS) is 10.2. The molecule has 2 aromatic rings. The average molecular weight is 201 g/mol. The topological polar surface area (TPSA) is 56.2 Å². The van der Waals surface area contributed by atoms with Crippen LogP contribution in [-0.4, -0.2) is 5.91 Å². The van der Waals surface area contributed by atoms with Gasteiger partial charge >= 0.3 is 0 Å². The number of amides is 1. The molecule has 1 aromatic carbocycles. The quantitative estimate of drug-likeness (QED) is 0.810. The van der Waals surface area contributed by atoms with E-state index in [-0.39, 0.29) is 5.76 Å². The minimum atomic E-state index is -0.547. The molecule has 0 saturated carbocycles. The highest BCUT2D eigenvalue weighted by atomic mass is 16.3. The van der Waals surface area contributed by atoms with E-state index < -0.39 is 5.91 Å². The van der Waals surface area contributed by atoms with Gasteiger partial charge in [0.2, 0.25) is 0 Å². The van der Waals surface area contributed by atoms with E-state index in [1.165, 1.54) is 6.26 Å². The Kier molecular flexibility index (Phi) is 2.29. The zero-order valence-corrected chi connectivity index (χ0v) is 8.36. The Hall–Kier alpha value is -2.03. The third-order valence-electron chi connectivity index (χ3n) is 2.19. The Bertz CT molecular complexity index is 500. The van der Waals surface area contributed by atoms with Crippen molar-refractivity contribution in [3.05, 3.63) is 47.9 Å². The molecule has 0 radical (unpaired) electrons. The second kappa shape index (κ2) is 3.61. The van der Waals surface area contributed by atoms with Crippen molar-refractivity contribution in [3.8, 4) is 11.1 Å². The summed E-state index contributed by atoms with van der Waals surface area (Å²) in [5.41, 5.74) is 8.15. The number of carbonyl (C=O) groups excluding carboxylic acids is 1. The number of hydrogen-bond acceptors (Lipinski definition) is 2. The Morgan fingerprint density at radius 1 is 1.27 bits per heavy atom. The van der Waals surface area contributed by atoms with Crippen LogP contribution in [0.2, 0.25) is 0 Å². The predicted octanol–water partition coefficient (Wildman–Crippen LogP) is 2.35. The summed E-state index contributed by atoms with van der Waals surface area (Å²) >= 11 is 0. The first-order valence-corrected chi connectivity index (χ1v) is 4.62. The molecule has 1 aromatic heterocycles. The molecule has 0 unspecified atom stereocenters. The van der Waals surface area contributed by atoms with E-state index in [0.29, 0.717) is 0 Å². The van der Waals surface area contributed by atoms with E-state index in [1.807, 2.05) is 31.2 Å². The molecule has 15 heavy (non-hydrogen) atoms. The molecule has 0 fully saturated rings. The van der Waals surface area contributed by atoms with Crippen molar-refractivity contribution in [2.45, 2.75) is 6.92 Å². The van der Waals surface area contributed by atoms with E-state index in [4.69, 9.17) is 10.2 Å². The lowest BCUT2D eigenvalue weighted by Crippen LogP contribution is -2.09. The molecule has 3 heteroatoms. The van der Waals surface area contributed by atoms with Crippen molar-refractivity contribution in [2.75, 3.05) is 0 Å². The summed E-state index contributed by atoms with van der Waals surface area (Å²) in [5, 5.41) is 0. The van der Waals surface area contributed by atoms with Crippen LogP contribution in [0.4, 0.5) is 0 Å². The number of carbonyl (C=O) groups is 1. The molecule has 76 valence electrons. The maximum atomic E-state index is 10.8. The Morgan fingerprint density at radius 3 is 2.67 bits per heavy atom. The van der Waals surface area contributed by atoms with E-state index in [0.717, 1.165) is 16.7 Å². The summed E-state index contributed by atoms with van der Waals surface area (Å²) in [4.78, 5) is 10.8. The van der Waals surface area contributed by atoms with Gasteiger partial charge in [-0.3, -0.25) is 4.79 Å². The van der Waals surface area contributed by atoms with Gasteiger partial charge in [0.1, 0.15) is 0 Å². The van der Waals surface area contributed by atoms with Crippen molar-refractivity contribution in [3.63, 3.8) is 0 Å². The van der Waals surface area contributed by atoms with Gasteiger partial charge in [0.25, 0.3) is 5.91 Å². The van der Waals surface area contributed by atoms with Gasteiger partial charge in [-0.2, -0.15) is 0 Å². The van der Waals surface area contributed by atoms with Crippen LogP contribution in [0, 0.1) is 6.92 Å². The Morgan fingerprint density at radius 2 is 2.07 bits per heavy atom. The third kappa shape index (κ3) is 1.91. The monoisotopic (exact) mass is 201 g/mol. The number of furan rings is 1. The molecule has 1 heterocycles. The van der Waals surface area contributed by atoms with E-state index in [9.17, 15) is 4.79 Å². The molecule has 0 aliphatic carbocycles. The van der Waals surface area contributed by atoms with Crippen molar-refractivity contribution < 1.29 is 9.21 Å². The largest absolute Gasteiger partial charge is 0.459 e. The maximum Gasteiger partial charge on any atom is 0.284 e. The Balaban J connectivity index is 2.41. The summed E-state index contributed by atoms with van der Waals surface area (Å²) in [6.07, 6.45) is 1.54. The van der Waals surface area contributed by atoms with Crippen LogP contribution in [0.5, 0.6) is 0 Å². The molecular weight excluding hydrogens is 190 g/mol. The van der Waals surface area contributed by atoms with Gasteiger partial charge in [-0.1, -0.05) is 29.8 Å². The number of benzene rings is 1. The van der Waals surface area contributed by atoms with Gasteiger partial charge < -0.3 is 10.2 Å². The van der Waals surface area contributed by atoms with Gasteiger partial charge in [-0.25, -0.2) is 0 Å². The first-order valence-electron chi connectivity index (χ1n) is 4.62. The zero-order chi connectivity index (χ0) is 10.8. The van der Waals surface area contributed by atoms with Crippen LogP contribution in [0.25, 0.3) is 11.1 Å². The highest BCUT2D eigenvalue weighted by molar-refractivity contribution is 5.91. The van der Waals surface area contributed by atoms with Crippen molar-refractivity contribution in [2.24, 2.45) is 5.73 Å². The van der Waals surface area contributed by atoms with Crippen LogP contribution in [0.1, 0.15) is 16.1 Å². The summed E-state index contributed by atoms with van der Waals surface area (Å²) in [6, 6.07) is 9.61. The van der Waals surface area contributed by atoms with Gasteiger partial charge in [0.05, 0.1) is 6.26 Å². The first kappa shape index (κ1) is 9.52. The fraction of sp³-hybridized carbons (Fsp3) is 0.0833. The Labute approximate surface area is 87.5 Å². The molecule has 2 N–H and O–H groups in total. The summed E-state index contributed by atoms with van der Waals surface area (Å²) in [5.74, 6) is -0.361. The summed E-state index contributed by atoms with van der Waals surface area (Å²) in [7, 11) is 0. The lowest BCUT2D eigenvalue weighted by atomic mass is 10.1. The highest BCUT2D eigenvalue weighted by Crippen LogP contribution is 2.22. The molecular formula is C12H11NO2. The van der Waals surface area contributed by atoms with Gasteiger partial charge in [-0.15, -0.1) is 0 Å². The number of primary amides is 1. The maximum absolute atomic E-state index is 10.8. The van der Waals surface area contributed by atoms with Gasteiger partial charge in [0, 0.05) is 5.56 Å². The minimum Gasteiger partial charge on any atom is -0.459 e. The van der Waals surface area contributed by atoms with Crippen LogP contribution < -0.4 is 5.73 Å². The van der Waals surface area contributed by atoms with E-state index in [1.54, 1.807) is 6.07 Å². The zero-order valence-electron chi connectivity index (χ0n) is 8.36.